The van der Waals surface area contributed by atoms with Gasteiger partial charge in [0.2, 0.25) is 23.6 Å². The van der Waals surface area contributed by atoms with E-state index >= 15 is 0 Å². The molecule has 0 radical (unpaired) electrons. The second kappa shape index (κ2) is 27.6. The number of aromatic nitrogens is 3. The van der Waals surface area contributed by atoms with Crippen molar-refractivity contribution >= 4 is 67.8 Å². The summed E-state index contributed by atoms with van der Waals surface area (Å²) in [6, 6.07) is 8.29. The third-order valence-corrected chi connectivity index (χ3v) is 14.9. The number of hydrogen-bond acceptors (Lipinski definition) is 12. The number of aryl methyl sites for hydroxylation is 1. The van der Waals surface area contributed by atoms with E-state index in [2.05, 4.69) is 37.9 Å². The first-order chi connectivity index (χ1) is 39.4. The van der Waals surface area contributed by atoms with Gasteiger partial charge in [0.15, 0.2) is 0 Å². The van der Waals surface area contributed by atoms with E-state index in [1.54, 1.807) is 60.2 Å². The summed E-state index contributed by atoms with van der Waals surface area (Å²) in [4.78, 5) is 74.8. The maximum atomic E-state index is 14.7. The van der Waals surface area contributed by atoms with Crippen molar-refractivity contribution in [3.63, 3.8) is 0 Å². The molecular formula is C59H73F5N10O9S. The van der Waals surface area contributed by atoms with Gasteiger partial charge < -0.3 is 36.1 Å². The molecule has 1 saturated heterocycles. The van der Waals surface area contributed by atoms with Crippen molar-refractivity contribution in [3.8, 4) is 28.8 Å². The van der Waals surface area contributed by atoms with Crippen LogP contribution in [0.1, 0.15) is 130 Å². The van der Waals surface area contributed by atoms with Crippen LogP contribution in [-0.2, 0) is 41.0 Å². The number of hydrogen-bond donors (Lipinski definition) is 5. The predicted octanol–water partition coefficient (Wildman–Crippen LogP) is 9.72. The Morgan fingerprint density at radius 1 is 0.905 bits per heavy atom. The van der Waals surface area contributed by atoms with Crippen LogP contribution in [-0.4, -0.2) is 112 Å². The Bertz CT molecular complexity index is 3380. The number of fused-ring (bicyclic) bond motifs is 1. The highest BCUT2D eigenvalue weighted by molar-refractivity contribution is 7.93. The van der Waals surface area contributed by atoms with Crippen molar-refractivity contribution in [2.24, 2.45) is 12.5 Å². The largest absolute Gasteiger partial charge is 0.484 e. The lowest BCUT2D eigenvalue weighted by Crippen LogP contribution is -2.60. The Kier molecular flexibility index (Phi) is 21.4. The second-order valence-electron chi connectivity index (χ2n) is 22.8. The fourth-order valence-electron chi connectivity index (χ4n) is 9.34. The van der Waals surface area contributed by atoms with Crippen LogP contribution in [0.2, 0.25) is 0 Å². The zero-order valence-electron chi connectivity index (χ0n) is 48.7. The van der Waals surface area contributed by atoms with Gasteiger partial charge in [-0.1, -0.05) is 82.6 Å². The van der Waals surface area contributed by atoms with Gasteiger partial charge in [-0.3, -0.25) is 33.5 Å². The summed E-state index contributed by atoms with van der Waals surface area (Å²) >= 11 is 0. The minimum atomic E-state index is -5.09. The van der Waals surface area contributed by atoms with Crippen molar-refractivity contribution in [1.82, 2.24) is 35.2 Å². The molecule has 19 nitrogen and oxygen atoms in total. The minimum absolute atomic E-state index is 0.0929. The number of amides is 5. The quantitative estimate of drug-likeness (QED) is 0.0247. The van der Waals surface area contributed by atoms with E-state index in [1.807, 2.05) is 4.72 Å². The van der Waals surface area contributed by atoms with Crippen LogP contribution in [0.4, 0.5) is 43.9 Å². The van der Waals surface area contributed by atoms with Crippen LogP contribution < -0.4 is 31.1 Å². The lowest BCUT2D eigenvalue weighted by Gasteiger charge is -2.36. The number of rotatable bonds is 22. The molecular weight excluding hydrogens is 1120 g/mol. The predicted molar refractivity (Wildman–Crippen MR) is 308 cm³/mol. The third-order valence-electron chi connectivity index (χ3n) is 14.0. The topological polar surface area (TPSA) is 249 Å². The third kappa shape index (κ3) is 16.8. The average molecular weight is 1190 g/mol. The van der Waals surface area contributed by atoms with Gasteiger partial charge in [0.25, 0.3) is 10.0 Å². The van der Waals surface area contributed by atoms with E-state index in [0.29, 0.717) is 46.1 Å². The minimum Gasteiger partial charge on any atom is -0.484 e. The number of unbranched alkanes of at least 4 members (excludes halogenated alkanes) is 6. The number of carbonyl (C=O) groups excluding carboxylic acids is 5. The zero-order chi connectivity index (χ0) is 62.0. The SMILES string of the molecule is C[C@H](Oc1cc(-c2nn(C)c3c(C#CCCCCCCCCC(=O)NC4C[C@@H](C(=O)Nc5c(F)cccc5F)N(C(=O)[C@@H](NC(=O)[C@H](C)N(C)C(=O)OC(C)(C)C)C(C)(C)C)C4)cnc(N)c23)ccc1NS(=O)(=O)C(F)F)c1ccc(F)cc1. The number of likely N-dealkylation sites (tertiary alicyclic amines) is 1. The standard InChI is InChI=1S/C59H73F5N10O9S/c1-34(72(9)57(79)83-59(6,7)8)53(76)69-51(58(3,4)5)55(78)74-33-40(31-44(74)54(77)68-49-41(61)21-19-22-42(49)62)67-46(75)23-18-16-14-12-11-13-15-17-20-38-32-66-52(65)47-48(70-73(10)50(38)47)37-26-29-43(71-84(80,81)56(63)64)45(30-37)82-35(2)36-24-27-39(60)28-25-36/h19,21-22,24-30,32,34-35,40,44,51,56,71H,11-16,18,23,31,33H2,1-10H3,(H2,65,66)(H,67,75)(H,68,77)(H,69,76)/t34-,35-,40?,44-,51+/m0/s1. The van der Waals surface area contributed by atoms with E-state index in [4.69, 9.17) is 15.2 Å². The van der Waals surface area contributed by atoms with Gasteiger partial charge in [-0.25, -0.2) is 31.4 Å². The number of halogens is 5. The Morgan fingerprint density at radius 2 is 1.55 bits per heavy atom. The summed E-state index contributed by atoms with van der Waals surface area (Å²) in [5.41, 5.74) is 6.00. The molecule has 0 bridgehead atoms. The molecule has 5 amide bonds. The number of para-hydroxylation sites is 1. The smallest absolute Gasteiger partial charge is 0.410 e. The van der Waals surface area contributed by atoms with E-state index in [1.165, 1.54) is 67.5 Å². The molecule has 1 aliphatic heterocycles. The number of pyridine rings is 1. The summed E-state index contributed by atoms with van der Waals surface area (Å²) in [6.45, 7) is 13.1. The Hall–Kier alpha value is -8.01. The van der Waals surface area contributed by atoms with Crippen LogP contribution in [0, 0.1) is 34.7 Å². The summed E-state index contributed by atoms with van der Waals surface area (Å²) in [7, 11) is -2.02. The van der Waals surface area contributed by atoms with Gasteiger partial charge in [-0.2, -0.15) is 13.9 Å². The molecule has 5 aromatic rings. The van der Waals surface area contributed by atoms with Gasteiger partial charge in [0.05, 0.1) is 22.2 Å². The number of likely N-dealkylation sites (N-methyl/N-ethyl adjacent to an activating group) is 1. The van der Waals surface area contributed by atoms with Crippen LogP contribution >= 0.6 is 0 Å². The van der Waals surface area contributed by atoms with Crippen LogP contribution in [0.5, 0.6) is 5.75 Å². The maximum Gasteiger partial charge on any atom is 0.410 e. The number of sulfonamides is 1. The van der Waals surface area contributed by atoms with Crippen LogP contribution in [0.3, 0.4) is 0 Å². The Morgan fingerprint density at radius 3 is 2.18 bits per heavy atom. The number of carbonyl (C=O) groups is 5. The van der Waals surface area contributed by atoms with Crippen molar-refractivity contribution < 1.29 is 63.8 Å². The molecule has 25 heteroatoms. The second-order valence-corrected chi connectivity index (χ2v) is 24.4. The number of anilines is 3. The molecule has 6 rings (SSSR count). The maximum absolute atomic E-state index is 14.7. The van der Waals surface area contributed by atoms with Crippen molar-refractivity contribution in [2.75, 3.05) is 29.4 Å². The normalized spacial score (nSPS) is 15.6. The molecule has 1 aliphatic rings. The van der Waals surface area contributed by atoms with Crippen molar-refractivity contribution in [2.45, 2.75) is 155 Å². The molecule has 6 N–H and O–H groups in total. The van der Waals surface area contributed by atoms with Crippen molar-refractivity contribution in [3.05, 3.63) is 95.4 Å². The summed E-state index contributed by atoms with van der Waals surface area (Å²) < 4.78 is 109. The number of alkyl halides is 2. The monoisotopic (exact) mass is 1190 g/mol. The van der Waals surface area contributed by atoms with Gasteiger partial charge in [-0.05, 0) is 101 Å². The number of nitrogen functional groups attached to an aromatic ring is 1. The first kappa shape index (κ1) is 65.1. The molecule has 454 valence electrons. The Labute approximate surface area is 486 Å². The molecule has 0 spiro atoms. The number of nitrogens with one attached hydrogen (secondary N) is 4. The van der Waals surface area contributed by atoms with E-state index in [-0.39, 0.29) is 42.5 Å². The molecule has 2 aromatic heterocycles. The first-order valence-corrected chi connectivity index (χ1v) is 29.0. The van der Waals surface area contributed by atoms with E-state index in [9.17, 15) is 54.3 Å². The molecule has 0 aliphatic carbocycles. The number of benzene rings is 3. The van der Waals surface area contributed by atoms with Gasteiger partial charge >= 0.3 is 11.9 Å². The van der Waals surface area contributed by atoms with Gasteiger partial charge in [-0.15, -0.1) is 0 Å². The highest BCUT2D eigenvalue weighted by Gasteiger charge is 2.46. The van der Waals surface area contributed by atoms with Crippen molar-refractivity contribution in [1.29, 1.82) is 0 Å². The molecule has 1 fully saturated rings. The average Bonchev–Trinajstić information content (AvgIpc) is 1.98. The summed E-state index contributed by atoms with van der Waals surface area (Å²) in [6.07, 6.45) is 5.18. The van der Waals surface area contributed by atoms with E-state index < -0.39 is 104 Å². The molecule has 3 aromatic carbocycles. The summed E-state index contributed by atoms with van der Waals surface area (Å²) in [5.74, 6) is -2.48. The van der Waals surface area contributed by atoms with Crippen LogP contribution in [0.25, 0.3) is 22.2 Å². The van der Waals surface area contributed by atoms with Gasteiger partial charge in [0, 0.05) is 51.3 Å². The lowest BCUT2D eigenvalue weighted by molar-refractivity contribution is -0.143. The lowest BCUT2D eigenvalue weighted by atomic mass is 9.85. The number of nitrogens with zero attached hydrogens (tertiary/aromatic N) is 5. The van der Waals surface area contributed by atoms with Crippen LogP contribution in [0.15, 0.2) is 66.9 Å². The molecule has 0 saturated carbocycles. The number of ether oxygens (including phenoxy) is 2. The van der Waals surface area contributed by atoms with Gasteiger partial charge in [0.1, 0.15) is 70.2 Å². The molecule has 1 unspecified atom stereocenters. The molecule has 3 heterocycles. The highest BCUT2D eigenvalue weighted by Crippen LogP contribution is 2.39. The highest BCUT2D eigenvalue weighted by atomic mass is 32.2. The number of nitrogens with two attached hydrogens (primary N) is 1. The first-order valence-electron chi connectivity index (χ1n) is 27.4. The summed E-state index contributed by atoms with van der Waals surface area (Å²) in [5, 5.41) is 13.1. The molecule has 5 atom stereocenters. The fraction of sp³-hybridized carbons (Fsp3) is 0.475. The Balaban J connectivity index is 1.04. The zero-order valence-corrected chi connectivity index (χ0v) is 49.5. The van der Waals surface area contributed by atoms with E-state index in [0.717, 1.165) is 55.2 Å². The molecule has 84 heavy (non-hydrogen) atoms. The fourth-order valence-corrected chi connectivity index (χ4v) is 9.90.